The van der Waals surface area contributed by atoms with Crippen LogP contribution in [0.25, 0.3) is 16.6 Å². The second kappa shape index (κ2) is 7.80. The summed E-state index contributed by atoms with van der Waals surface area (Å²) in [5.41, 5.74) is 3.94. The average Bonchev–Trinajstić information content (AvgIpc) is 3.30. The molecule has 2 aromatic heterocycles. The Morgan fingerprint density at radius 2 is 2.04 bits per heavy atom. The van der Waals surface area contributed by atoms with Crippen LogP contribution in [-0.4, -0.2) is 26.3 Å². The molecule has 0 unspecified atom stereocenters. The average molecular weight is 412 g/mol. The monoisotopic (exact) mass is 411 g/mol. The van der Waals surface area contributed by atoms with Crippen molar-refractivity contribution in [2.75, 3.05) is 5.75 Å². The molecule has 2 aromatic carbocycles. The van der Waals surface area contributed by atoms with E-state index in [1.165, 1.54) is 28.7 Å². The second-order valence-corrected chi connectivity index (χ2v) is 8.83. The van der Waals surface area contributed by atoms with Gasteiger partial charge in [0, 0.05) is 22.7 Å². The number of nitrogens with one attached hydrogen (secondary N) is 1. The molecule has 0 saturated heterocycles. The van der Waals surface area contributed by atoms with Crippen LogP contribution in [0.1, 0.15) is 22.8 Å². The molecular weight excluding hydrogens is 394 g/mol. The number of rotatable bonds is 6. The Bertz CT molecular complexity index is 1160. The number of hydrogen-bond donors (Lipinski definition) is 1. The van der Waals surface area contributed by atoms with Crippen LogP contribution in [0.15, 0.2) is 59.1 Å². The molecule has 0 amide bonds. The van der Waals surface area contributed by atoms with Crippen molar-refractivity contribution in [3.63, 3.8) is 0 Å². The van der Waals surface area contributed by atoms with Gasteiger partial charge in [-0.05, 0) is 36.3 Å². The highest BCUT2D eigenvalue weighted by atomic mass is 32.2. The van der Waals surface area contributed by atoms with Crippen molar-refractivity contribution < 1.29 is 4.79 Å². The molecule has 27 heavy (non-hydrogen) atoms. The Morgan fingerprint density at radius 1 is 1.22 bits per heavy atom. The van der Waals surface area contributed by atoms with Crippen molar-refractivity contribution in [2.24, 2.45) is 0 Å². The number of para-hydroxylation sites is 2. The van der Waals surface area contributed by atoms with Gasteiger partial charge in [0.15, 0.2) is 14.1 Å². The molecule has 0 atom stereocenters. The Balaban J connectivity index is 1.53. The molecule has 0 radical (unpaired) electrons. The molecule has 2 heterocycles. The summed E-state index contributed by atoms with van der Waals surface area (Å²) in [4.78, 5) is 16.0. The van der Waals surface area contributed by atoms with E-state index in [0.29, 0.717) is 9.71 Å². The second-order valence-electron chi connectivity index (χ2n) is 5.99. The predicted octanol–water partition coefficient (Wildman–Crippen LogP) is 5.68. The highest BCUT2D eigenvalue weighted by Gasteiger charge is 2.15. The lowest BCUT2D eigenvalue weighted by atomic mass is 10.1. The lowest BCUT2D eigenvalue weighted by molar-refractivity contribution is 0.102. The van der Waals surface area contributed by atoms with Gasteiger partial charge < -0.3 is 4.98 Å². The molecule has 1 N–H and O–H groups in total. The maximum atomic E-state index is 12.8. The number of aromatic amines is 1. The number of Topliss-reactive ketones (excluding diaryl/α,β-unsaturated/α-hetero) is 1. The van der Waals surface area contributed by atoms with Crippen LogP contribution >= 0.6 is 35.3 Å². The van der Waals surface area contributed by atoms with Crippen molar-refractivity contribution in [1.82, 2.24) is 14.8 Å². The van der Waals surface area contributed by atoms with E-state index in [2.05, 4.69) is 23.1 Å². The minimum absolute atomic E-state index is 0.0897. The molecule has 136 valence electrons. The fourth-order valence-electron chi connectivity index (χ4n) is 3.00. The molecule has 0 aliphatic heterocycles. The number of H-pyrrole nitrogens is 1. The molecular formula is C20H17N3OS3. The van der Waals surface area contributed by atoms with E-state index in [4.69, 9.17) is 12.2 Å². The Morgan fingerprint density at radius 3 is 2.81 bits per heavy atom. The van der Waals surface area contributed by atoms with E-state index in [-0.39, 0.29) is 5.78 Å². The van der Waals surface area contributed by atoms with Gasteiger partial charge in [0.1, 0.15) is 0 Å². The molecule has 0 aliphatic carbocycles. The van der Waals surface area contributed by atoms with Crippen molar-refractivity contribution in [1.29, 1.82) is 0 Å². The zero-order valence-corrected chi connectivity index (χ0v) is 17.1. The number of hydrogen-bond acceptors (Lipinski definition) is 5. The first-order valence-corrected chi connectivity index (χ1v) is 10.8. The van der Waals surface area contributed by atoms with Gasteiger partial charge in [0.05, 0.1) is 11.4 Å². The van der Waals surface area contributed by atoms with Crippen molar-refractivity contribution in [3.05, 3.63) is 69.8 Å². The number of carbonyl (C=O) groups excluding carboxylic acids is 1. The van der Waals surface area contributed by atoms with Crippen LogP contribution in [0, 0.1) is 3.95 Å². The number of fused-ring (bicyclic) bond motifs is 1. The minimum atomic E-state index is 0.0897. The van der Waals surface area contributed by atoms with Crippen molar-refractivity contribution >= 4 is 52.0 Å². The third-order valence-corrected chi connectivity index (χ3v) is 6.71. The van der Waals surface area contributed by atoms with E-state index < -0.39 is 0 Å². The molecule has 0 fully saturated rings. The minimum Gasteiger partial charge on any atom is -0.360 e. The van der Waals surface area contributed by atoms with Crippen LogP contribution in [0.4, 0.5) is 0 Å². The van der Waals surface area contributed by atoms with Crippen LogP contribution in [0.3, 0.4) is 0 Å². The quantitative estimate of drug-likeness (QED) is 0.252. The first-order chi connectivity index (χ1) is 13.2. The standard InChI is InChI=1S/C20H17N3OS3/c1-2-13-7-6-10-15-16(11-21-18(13)15)17(24)12-26-19-22-23(20(25)27-19)14-8-4-3-5-9-14/h3-11,21H,2,12H2,1H3. The van der Waals surface area contributed by atoms with Crippen LogP contribution in [0.5, 0.6) is 0 Å². The van der Waals surface area contributed by atoms with E-state index in [0.717, 1.165) is 32.9 Å². The van der Waals surface area contributed by atoms with Crippen LogP contribution < -0.4 is 0 Å². The van der Waals surface area contributed by atoms with Gasteiger partial charge in [0.2, 0.25) is 0 Å². The number of aryl methyl sites for hydroxylation is 1. The summed E-state index contributed by atoms with van der Waals surface area (Å²) in [6.45, 7) is 2.11. The molecule has 0 saturated carbocycles. The van der Waals surface area contributed by atoms with Gasteiger partial charge in [-0.15, -0.1) is 5.10 Å². The van der Waals surface area contributed by atoms with Gasteiger partial charge in [-0.1, -0.05) is 66.4 Å². The van der Waals surface area contributed by atoms with E-state index >= 15 is 0 Å². The highest BCUT2D eigenvalue weighted by Crippen LogP contribution is 2.27. The Labute approximate surface area is 170 Å². The first kappa shape index (κ1) is 18.2. The molecule has 7 heteroatoms. The third kappa shape index (κ3) is 3.63. The number of nitrogens with zero attached hydrogens (tertiary/aromatic N) is 2. The summed E-state index contributed by atoms with van der Waals surface area (Å²) in [6.07, 6.45) is 2.75. The fraction of sp³-hybridized carbons (Fsp3) is 0.150. The van der Waals surface area contributed by atoms with E-state index in [1.807, 2.05) is 48.7 Å². The lowest BCUT2D eigenvalue weighted by Crippen LogP contribution is -2.02. The Kier molecular flexibility index (Phi) is 5.24. The summed E-state index contributed by atoms with van der Waals surface area (Å²) < 4.78 is 3.22. The maximum Gasteiger partial charge on any atom is 0.184 e. The SMILES string of the molecule is CCc1cccc2c(C(=O)CSc3nn(-c4ccccc4)c(=S)s3)c[nH]c12. The predicted molar refractivity (Wildman–Crippen MR) is 115 cm³/mol. The molecule has 0 aliphatic rings. The molecule has 4 rings (SSSR count). The molecule has 0 spiro atoms. The highest BCUT2D eigenvalue weighted by molar-refractivity contribution is 8.01. The van der Waals surface area contributed by atoms with Gasteiger partial charge in [0.25, 0.3) is 0 Å². The van der Waals surface area contributed by atoms with Crippen LogP contribution in [0.2, 0.25) is 0 Å². The van der Waals surface area contributed by atoms with Crippen molar-refractivity contribution in [3.8, 4) is 5.69 Å². The molecule has 4 nitrogen and oxygen atoms in total. The fourth-order valence-corrected chi connectivity index (χ4v) is 5.24. The number of ketones is 1. The van der Waals surface area contributed by atoms with Gasteiger partial charge in [-0.3, -0.25) is 4.79 Å². The zero-order valence-electron chi connectivity index (χ0n) is 14.6. The van der Waals surface area contributed by atoms with Crippen LogP contribution in [-0.2, 0) is 6.42 Å². The van der Waals surface area contributed by atoms with Gasteiger partial charge in [-0.25, -0.2) is 4.68 Å². The van der Waals surface area contributed by atoms with E-state index in [1.54, 1.807) is 4.68 Å². The summed E-state index contributed by atoms with van der Waals surface area (Å²) in [5.74, 6) is 0.423. The van der Waals surface area contributed by atoms with E-state index in [9.17, 15) is 4.79 Å². The summed E-state index contributed by atoms with van der Waals surface area (Å²) >= 11 is 8.28. The number of aromatic nitrogens is 3. The number of carbonyl (C=O) groups is 1. The topological polar surface area (TPSA) is 50.7 Å². The first-order valence-electron chi connectivity index (χ1n) is 8.58. The Hall–Kier alpha value is -2.22. The summed E-state index contributed by atoms with van der Waals surface area (Å²) in [6, 6.07) is 15.9. The maximum absolute atomic E-state index is 12.8. The summed E-state index contributed by atoms with van der Waals surface area (Å²) in [7, 11) is 0. The smallest absolute Gasteiger partial charge is 0.184 e. The summed E-state index contributed by atoms with van der Waals surface area (Å²) in [5, 5.41) is 5.55. The van der Waals surface area contributed by atoms with Gasteiger partial charge >= 0.3 is 0 Å². The van der Waals surface area contributed by atoms with Crippen molar-refractivity contribution in [2.45, 2.75) is 17.7 Å². The normalized spacial score (nSPS) is 11.1. The lowest BCUT2D eigenvalue weighted by Gasteiger charge is -2.01. The van der Waals surface area contributed by atoms with Gasteiger partial charge in [-0.2, -0.15) is 0 Å². The zero-order chi connectivity index (χ0) is 18.8. The molecule has 4 aromatic rings. The largest absolute Gasteiger partial charge is 0.360 e. The number of thioether (sulfide) groups is 1. The number of benzene rings is 2. The third-order valence-electron chi connectivity index (χ3n) is 4.34. The molecule has 0 bridgehead atoms.